The van der Waals surface area contributed by atoms with Crippen LogP contribution in [0.25, 0.3) is 11.1 Å². The highest BCUT2D eigenvalue weighted by Crippen LogP contribution is 2.31. The average molecular weight is 376 g/mol. The molecule has 0 aliphatic carbocycles. The van der Waals surface area contributed by atoms with Crippen molar-refractivity contribution in [1.82, 2.24) is 4.98 Å². The summed E-state index contributed by atoms with van der Waals surface area (Å²) in [6, 6.07) is 11.1. The van der Waals surface area contributed by atoms with E-state index in [1.807, 2.05) is 18.2 Å². The second kappa shape index (κ2) is 6.79. The van der Waals surface area contributed by atoms with E-state index in [4.69, 9.17) is 4.42 Å². The van der Waals surface area contributed by atoms with Crippen LogP contribution in [-0.2, 0) is 12.6 Å². The first-order valence-electron chi connectivity index (χ1n) is 8.92. The number of aromatic amines is 1. The van der Waals surface area contributed by atoms with E-state index in [1.54, 1.807) is 12.1 Å². The minimum atomic E-state index is -4.29. The summed E-state index contributed by atoms with van der Waals surface area (Å²) >= 11 is 0. The maximum Gasteiger partial charge on any atom is 0.417 e. The molecule has 7 heteroatoms. The van der Waals surface area contributed by atoms with Crippen LogP contribution in [0.4, 0.5) is 18.9 Å². The molecule has 0 spiro atoms. The van der Waals surface area contributed by atoms with Gasteiger partial charge in [-0.1, -0.05) is 12.1 Å². The summed E-state index contributed by atoms with van der Waals surface area (Å²) in [6.45, 7) is 1.73. The zero-order chi connectivity index (χ0) is 19.0. The zero-order valence-electron chi connectivity index (χ0n) is 14.6. The highest BCUT2D eigenvalue weighted by atomic mass is 19.4. The number of oxazole rings is 1. The standard InChI is InChI=1S/C20H19F3N2O2/c21-20(22,23)15-3-1-13(2-4-15)11-14-7-9-25(10-8-14)16-5-6-17-18(12-16)27-19(26)24-17/h1-6,12,14H,7-11H2,(H,24,26). The summed E-state index contributed by atoms with van der Waals surface area (Å²) in [5, 5.41) is 0. The monoisotopic (exact) mass is 376 g/mol. The Kier molecular flexibility index (Phi) is 4.45. The second-order valence-electron chi connectivity index (χ2n) is 7.02. The minimum Gasteiger partial charge on any atom is -0.408 e. The average Bonchev–Trinajstić information content (AvgIpc) is 3.01. The number of aromatic nitrogens is 1. The van der Waals surface area contributed by atoms with Crippen LogP contribution < -0.4 is 10.7 Å². The molecular formula is C20H19F3N2O2. The van der Waals surface area contributed by atoms with Crippen molar-refractivity contribution >= 4 is 16.8 Å². The normalized spacial score (nSPS) is 16.2. The molecule has 1 fully saturated rings. The molecule has 4 rings (SSSR count). The fourth-order valence-corrected chi connectivity index (χ4v) is 3.69. The lowest BCUT2D eigenvalue weighted by atomic mass is 9.89. The van der Waals surface area contributed by atoms with Crippen LogP contribution in [0.5, 0.6) is 0 Å². The molecule has 1 aromatic heterocycles. The van der Waals surface area contributed by atoms with Crippen molar-refractivity contribution in [3.8, 4) is 0 Å². The Labute approximate surface area is 153 Å². The minimum absolute atomic E-state index is 0.451. The summed E-state index contributed by atoms with van der Waals surface area (Å²) in [7, 11) is 0. The molecule has 4 nitrogen and oxygen atoms in total. The Morgan fingerprint density at radius 1 is 1.07 bits per heavy atom. The quantitative estimate of drug-likeness (QED) is 0.727. The van der Waals surface area contributed by atoms with E-state index in [-0.39, 0.29) is 0 Å². The molecule has 142 valence electrons. The summed E-state index contributed by atoms with van der Waals surface area (Å²) in [6.07, 6.45) is -1.56. The van der Waals surface area contributed by atoms with Gasteiger partial charge in [0.1, 0.15) is 0 Å². The van der Waals surface area contributed by atoms with Crippen molar-refractivity contribution in [3.05, 3.63) is 64.1 Å². The van der Waals surface area contributed by atoms with Gasteiger partial charge in [-0.05, 0) is 55.0 Å². The Morgan fingerprint density at radius 2 is 1.78 bits per heavy atom. The lowest BCUT2D eigenvalue weighted by Crippen LogP contribution is -2.34. The van der Waals surface area contributed by atoms with Crippen molar-refractivity contribution in [2.75, 3.05) is 18.0 Å². The van der Waals surface area contributed by atoms with Crippen LogP contribution in [0.1, 0.15) is 24.0 Å². The number of alkyl halides is 3. The molecule has 0 unspecified atom stereocenters. The number of piperidine rings is 1. The molecule has 0 atom stereocenters. The van der Waals surface area contributed by atoms with Gasteiger partial charge in [-0.15, -0.1) is 0 Å². The molecule has 3 aromatic rings. The number of rotatable bonds is 3. The summed E-state index contributed by atoms with van der Waals surface area (Å²) < 4.78 is 43.1. The first kappa shape index (κ1) is 17.7. The third-order valence-electron chi connectivity index (χ3n) is 5.19. The van der Waals surface area contributed by atoms with Crippen molar-refractivity contribution in [3.63, 3.8) is 0 Å². The number of nitrogens with one attached hydrogen (secondary N) is 1. The van der Waals surface area contributed by atoms with Crippen molar-refractivity contribution in [2.45, 2.75) is 25.4 Å². The van der Waals surface area contributed by atoms with Crippen molar-refractivity contribution in [1.29, 1.82) is 0 Å². The molecular weight excluding hydrogens is 357 g/mol. The molecule has 2 aromatic carbocycles. The Morgan fingerprint density at radius 3 is 2.44 bits per heavy atom. The first-order chi connectivity index (χ1) is 12.9. The highest BCUT2D eigenvalue weighted by molar-refractivity contribution is 5.77. The summed E-state index contributed by atoms with van der Waals surface area (Å²) in [4.78, 5) is 16.1. The van der Waals surface area contributed by atoms with E-state index < -0.39 is 17.5 Å². The van der Waals surface area contributed by atoms with Gasteiger partial charge in [-0.25, -0.2) is 4.79 Å². The first-order valence-corrected chi connectivity index (χ1v) is 8.92. The molecule has 0 bridgehead atoms. The largest absolute Gasteiger partial charge is 0.417 e. The summed E-state index contributed by atoms with van der Waals surface area (Å²) in [5.74, 6) is -0.00990. The highest BCUT2D eigenvalue weighted by Gasteiger charge is 2.30. The molecule has 0 radical (unpaired) electrons. The van der Waals surface area contributed by atoms with Gasteiger partial charge in [0.15, 0.2) is 5.58 Å². The topological polar surface area (TPSA) is 49.2 Å². The zero-order valence-corrected chi connectivity index (χ0v) is 14.6. The van der Waals surface area contributed by atoms with E-state index in [0.717, 1.165) is 55.7 Å². The fourth-order valence-electron chi connectivity index (χ4n) is 3.69. The van der Waals surface area contributed by atoms with Gasteiger partial charge in [-0.2, -0.15) is 13.2 Å². The molecule has 2 heterocycles. The third-order valence-corrected chi connectivity index (χ3v) is 5.19. The predicted molar refractivity (Wildman–Crippen MR) is 96.9 cm³/mol. The maximum atomic E-state index is 12.6. The number of H-pyrrole nitrogens is 1. The molecule has 0 saturated carbocycles. The molecule has 1 saturated heterocycles. The van der Waals surface area contributed by atoms with Crippen LogP contribution >= 0.6 is 0 Å². The molecule has 1 aliphatic heterocycles. The van der Waals surface area contributed by atoms with Crippen LogP contribution in [0.2, 0.25) is 0 Å². The Hall–Kier alpha value is -2.70. The van der Waals surface area contributed by atoms with Crippen LogP contribution in [0.15, 0.2) is 51.7 Å². The van der Waals surface area contributed by atoms with Gasteiger partial charge >= 0.3 is 11.9 Å². The number of fused-ring (bicyclic) bond motifs is 1. The maximum absolute atomic E-state index is 12.6. The lowest BCUT2D eigenvalue weighted by molar-refractivity contribution is -0.137. The van der Waals surface area contributed by atoms with Gasteiger partial charge < -0.3 is 9.32 Å². The van der Waals surface area contributed by atoms with Gasteiger partial charge in [0.05, 0.1) is 11.1 Å². The molecule has 1 aliphatic rings. The van der Waals surface area contributed by atoms with E-state index in [0.29, 0.717) is 17.0 Å². The number of anilines is 1. The van der Waals surface area contributed by atoms with Crippen LogP contribution in [0, 0.1) is 5.92 Å². The van der Waals surface area contributed by atoms with E-state index >= 15 is 0 Å². The van der Waals surface area contributed by atoms with E-state index in [9.17, 15) is 18.0 Å². The SMILES string of the molecule is O=c1[nH]c2ccc(N3CCC(Cc4ccc(C(F)(F)F)cc4)CC3)cc2o1. The Balaban J connectivity index is 1.37. The van der Waals surface area contributed by atoms with Crippen molar-refractivity contribution < 1.29 is 17.6 Å². The van der Waals surface area contributed by atoms with Crippen molar-refractivity contribution in [2.24, 2.45) is 5.92 Å². The lowest BCUT2D eigenvalue weighted by Gasteiger charge is -2.33. The summed E-state index contributed by atoms with van der Waals surface area (Å²) in [5.41, 5.74) is 2.58. The van der Waals surface area contributed by atoms with Crippen LogP contribution in [0.3, 0.4) is 0 Å². The number of halogens is 3. The number of hydrogen-bond acceptors (Lipinski definition) is 3. The van der Waals surface area contributed by atoms with Gasteiger partial charge in [-0.3, -0.25) is 4.98 Å². The molecule has 0 amide bonds. The smallest absolute Gasteiger partial charge is 0.408 e. The van der Waals surface area contributed by atoms with Gasteiger partial charge in [0.2, 0.25) is 0 Å². The molecule has 27 heavy (non-hydrogen) atoms. The number of benzene rings is 2. The Bertz CT molecular complexity index is 981. The second-order valence-corrected chi connectivity index (χ2v) is 7.02. The van der Waals surface area contributed by atoms with E-state index in [1.165, 1.54) is 0 Å². The van der Waals surface area contributed by atoms with Gasteiger partial charge in [0, 0.05) is 24.8 Å². The fraction of sp³-hybridized carbons (Fsp3) is 0.350. The van der Waals surface area contributed by atoms with E-state index in [2.05, 4.69) is 9.88 Å². The number of nitrogens with zero attached hydrogens (tertiary/aromatic N) is 1. The van der Waals surface area contributed by atoms with Crippen LogP contribution in [-0.4, -0.2) is 18.1 Å². The predicted octanol–water partition coefficient (Wildman–Crippen LogP) is 4.60. The number of hydrogen-bond donors (Lipinski definition) is 1. The van der Waals surface area contributed by atoms with Gasteiger partial charge in [0.25, 0.3) is 0 Å². The third kappa shape index (κ3) is 3.86. The molecule has 1 N–H and O–H groups in total.